The van der Waals surface area contributed by atoms with Gasteiger partial charge in [-0.3, -0.25) is 4.79 Å². The number of hydrogen-bond donors (Lipinski definition) is 2. The minimum atomic E-state index is -0.717. The van der Waals surface area contributed by atoms with Gasteiger partial charge in [-0.1, -0.05) is 34.1 Å². The first-order valence-electron chi connectivity index (χ1n) is 6.00. The van der Waals surface area contributed by atoms with Crippen molar-refractivity contribution in [2.45, 2.75) is 58.9 Å². The van der Waals surface area contributed by atoms with Gasteiger partial charge in [0.15, 0.2) is 0 Å². The highest BCUT2D eigenvalue weighted by Gasteiger charge is 2.36. The van der Waals surface area contributed by atoms with Gasteiger partial charge in [0.1, 0.15) is 5.54 Å². The summed E-state index contributed by atoms with van der Waals surface area (Å²) in [5.41, 5.74) is -0.717. The summed E-state index contributed by atoms with van der Waals surface area (Å²) >= 11 is 0. The Morgan fingerprint density at radius 3 is 2.33 bits per heavy atom. The standard InChI is InChI=1S/C12H25NO2/c1-5-8-13-12(7-3,11(14)15)9-10(4)6-2/h10,13H,5-9H2,1-4H3,(H,14,15). The van der Waals surface area contributed by atoms with Gasteiger partial charge in [0.05, 0.1) is 0 Å². The third kappa shape index (κ3) is 4.20. The number of carboxylic acids is 1. The van der Waals surface area contributed by atoms with Crippen LogP contribution in [0, 0.1) is 5.92 Å². The molecule has 0 amide bonds. The lowest BCUT2D eigenvalue weighted by atomic mass is 9.84. The minimum Gasteiger partial charge on any atom is -0.480 e. The average Bonchev–Trinajstić information content (AvgIpc) is 2.23. The first-order valence-corrected chi connectivity index (χ1v) is 6.00. The van der Waals surface area contributed by atoms with Crippen LogP contribution in [0.25, 0.3) is 0 Å². The Kier molecular flexibility index (Phi) is 6.57. The van der Waals surface area contributed by atoms with Crippen molar-refractivity contribution in [2.24, 2.45) is 5.92 Å². The van der Waals surface area contributed by atoms with Crippen LogP contribution >= 0.6 is 0 Å². The van der Waals surface area contributed by atoms with Gasteiger partial charge in [-0.05, 0) is 31.7 Å². The molecule has 15 heavy (non-hydrogen) atoms. The summed E-state index contributed by atoms with van der Waals surface area (Å²) in [5.74, 6) is -0.260. The van der Waals surface area contributed by atoms with Crippen molar-refractivity contribution >= 4 is 5.97 Å². The SMILES string of the molecule is CCCNC(CC)(CC(C)CC)C(=O)O. The molecule has 0 aliphatic carbocycles. The molecule has 0 rings (SSSR count). The first-order chi connectivity index (χ1) is 7.02. The van der Waals surface area contributed by atoms with Crippen molar-refractivity contribution in [1.82, 2.24) is 5.32 Å². The second kappa shape index (κ2) is 6.83. The van der Waals surface area contributed by atoms with Crippen LogP contribution in [-0.2, 0) is 4.79 Å². The molecule has 0 aromatic rings. The molecule has 0 radical (unpaired) electrons. The van der Waals surface area contributed by atoms with E-state index in [-0.39, 0.29) is 0 Å². The minimum absolute atomic E-state index is 0.449. The third-order valence-corrected chi connectivity index (χ3v) is 3.12. The summed E-state index contributed by atoms with van der Waals surface area (Å²) in [6.45, 7) is 8.99. The van der Waals surface area contributed by atoms with E-state index in [9.17, 15) is 9.90 Å². The van der Waals surface area contributed by atoms with Gasteiger partial charge in [0.2, 0.25) is 0 Å². The van der Waals surface area contributed by atoms with Crippen LogP contribution in [-0.4, -0.2) is 23.2 Å². The van der Waals surface area contributed by atoms with Gasteiger partial charge in [0, 0.05) is 0 Å². The fraction of sp³-hybridized carbons (Fsp3) is 0.917. The molecule has 2 N–H and O–H groups in total. The van der Waals surface area contributed by atoms with Crippen molar-refractivity contribution < 1.29 is 9.90 Å². The molecular formula is C12H25NO2. The van der Waals surface area contributed by atoms with Gasteiger partial charge < -0.3 is 10.4 Å². The number of nitrogens with one attached hydrogen (secondary N) is 1. The van der Waals surface area contributed by atoms with E-state index in [1.807, 2.05) is 6.92 Å². The fourth-order valence-electron chi connectivity index (χ4n) is 1.76. The number of carboxylic acid groups (broad SMARTS) is 1. The van der Waals surface area contributed by atoms with E-state index in [0.717, 1.165) is 25.8 Å². The lowest BCUT2D eigenvalue weighted by Gasteiger charge is -2.31. The smallest absolute Gasteiger partial charge is 0.323 e. The van der Waals surface area contributed by atoms with E-state index in [2.05, 4.69) is 26.1 Å². The van der Waals surface area contributed by atoms with Gasteiger partial charge in [-0.25, -0.2) is 0 Å². The van der Waals surface area contributed by atoms with Crippen molar-refractivity contribution in [3.63, 3.8) is 0 Å². The van der Waals surface area contributed by atoms with E-state index < -0.39 is 11.5 Å². The average molecular weight is 215 g/mol. The topological polar surface area (TPSA) is 49.3 Å². The predicted octanol–water partition coefficient (Wildman–Crippen LogP) is 2.66. The summed E-state index contributed by atoms with van der Waals surface area (Å²) in [6.07, 6.45) is 3.36. The molecule has 0 fully saturated rings. The number of rotatable bonds is 8. The van der Waals surface area contributed by atoms with E-state index in [1.165, 1.54) is 0 Å². The Labute approximate surface area is 93.3 Å². The highest BCUT2D eigenvalue weighted by Crippen LogP contribution is 2.23. The Morgan fingerprint density at radius 1 is 1.40 bits per heavy atom. The lowest BCUT2D eigenvalue weighted by molar-refractivity contribution is -0.146. The molecule has 0 heterocycles. The van der Waals surface area contributed by atoms with Crippen molar-refractivity contribution in [3.8, 4) is 0 Å². The van der Waals surface area contributed by atoms with Gasteiger partial charge >= 0.3 is 5.97 Å². The molecule has 3 heteroatoms. The molecule has 0 aliphatic rings. The number of hydrogen-bond acceptors (Lipinski definition) is 2. The largest absolute Gasteiger partial charge is 0.480 e. The molecule has 0 aromatic heterocycles. The Balaban J connectivity index is 4.57. The van der Waals surface area contributed by atoms with E-state index in [1.54, 1.807) is 0 Å². The predicted molar refractivity (Wildman–Crippen MR) is 63.0 cm³/mol. The highest BCUT2D eigenvalue weighted by molar-refractivity contribution is 5.78. The second-order valence-electron chi connectivity index (χ2n) is 4.39. The maximum Gasteiger partial charge on any atom is 0.323 e. The summed E-state index contributed by atoms with van der Waals surface area (Å²) in [5, 5.41) is 12.5. The first kappa shape index (κ1) is 14.4. The van der Waals surface area contributed by atoms with Crippen LogP contribution in [0.3, 0.4) is 0 Å². The van der Waals surface area contributed by atoms with Crippen molar-refractivity contribution in [3.05, 3.63) is 0 Å². The highest BCUT2D eigenvalue weighted by atomic mass is 16.4. The normalized spacial score (nSPS) is 17.1. The quantitative estimate of drug-likeness (QED) is 0.654. The maximum absolute atomic E-state index is 11.3. The summed E-state index contributed by atoms with van der Waals surface area (Å²) in [6, 6.07) is 0. The van der Waals surface area contributed by atoms with Crippen LogP contribution in [0.5, 0.6) is 0 Å². The van der Waals surface area contributed by atoms with Crippen molar-refractivity contribution in [1.29, 1.82) is 0 Å². The third-order valence-electron chi connectivity index (χ3n) is 3.12. The van der Waals surface area contributed by atoms with E-state index in [0.29, 0.717) is 12.3 Å². The van der Waals surface area contributed by atoms with Crippen LogP contribution in [0.4, 0.5) is 0 Å². The maximum atomic E-state index is 11.3. The molecule has 0 bridgehead atoms. The zero-order valence-corrected chi connectivity index (χ0v) is 10.5. The summed E-state index contributed by atoms with van der Waals surface area (Å²) < 4.78 is 0. The van der Waals surface area contributed by atoms with Gasteiger partial charge in [0.25, 0.3) is 0 Å². The molecule has 0 saturated carbocycles. The summed E-state index contributed by atoms with van der Waals surface area (Å²) in [4.78, 5) is 11.3. The van der Waals surface area contributed by atoms with Crippen LogP contribution in [0.2, 0.25) is 0 Å². The van der Waals surface area contributed by atoms with Crippen LogP contribution in [0.15, 0.2) is 0 Å². The van der Waals surface area contributed by atoms with Crippen LogP contribution in [0.1, 0.15) is 53.4 Å². The molecule has 0 aromatic carbocycles. The monoisotopic (exact) mass is 215 g/mol. The molecule has 0 spiro atoms. The molecule has 2 unspecified atom stereocenters. The number of carbonyl (C=O) groups is 1. The molecular weight excluding hydrogens is 190 g/mol. The van der Waals surface area contributed by atoms with Crippen LogP contribution < -0.4 is 5.32 Å². The fourth-order valence-corrected chi connectivity index (χ4v) is 1.76. The summed E-state index contributed by atoms with van der Waals surface area (Å²) in [7, 11) is 0. The molecule has 0 saturated heterocycles. The Hall–Kier alpha value is -0.570. The second-order valence-corrected chi connectivity index (χ2v) is 4.39. The molecule has 90 valence electrons. The Morgan fingerprint density at radius 2 is 2.00 bits per heavy atom. The van der Waals surface area contributed by atoms with Gasteiger partial charge in [-0.15, -0.1) is 0 Å². The molecule has 2 atom stereocenters. The zero-order chi connectivity index (χ0) is 11.9. The number of aliphatic carboxylic acids is 1. The van der Waals surface area contributed by atoms with E-state index in [4.69, 9.17) is 0 Å². The van der Waals surface area contributed by atoms with E-state index >= 15 is 0 Å². The molecule has 3 nitrogen and oxygen atoms in total. The Bertz CT molecular complexity index is 194. The zero-order valence-electron chi connectivity index (χ0n) is 10.5. The molecule has 0 aliphatic heterocycles. The lowest BCUT2D eigenvalue weighted by Crippen LogP contribution is -2.52. The van der Waals surface area contributed by atoms with Crippen molar-refractivity contribution in [2.75, 3.05) is 6.54 Å². The van der Waals surface area contributed by atoms with Gasteiger partial charge in [-0.2, -0.15) is 0 Å².